The molecule has 1 aliphatic carbocycles. The summed E-state index contributed by atoms with van der Waals surface area (Å²) in [5.41, 5.74) is 0. The first kappa shape index (κ1) is 13.8. The quantitative estimate of drug-likeness (QED) is 0.827. The fraction of sp³-hybridized carbons (Fsp3) is 1.00. The van der Waals surface area contributed by atoms with Gasteiger partial charge in [-0.2, -0.15) is 0 Å². The van der Waals surface area contributed by atoms with Crippen molar-refractivity contribution < 1.29 is 4.74 Å². The normalized spacial score (nSPS) is 34.6. The second kappa shape index (κ2) is 6.55. The minimum absolute atomic E-state index is 0.516. The van der Waals surface area contributed by atoms with Gasteiger partial charge in [-0.15, -0.1) is 0 Å². The predicted octanol–water partition coefficient (Wildman–Crippen LogP) is 2.55. The Labute approximate surface area is 118 Å². The zero-order valence-electron chi connectivity index (χ0n) is 12.4. The summed E-state index contributed by atoms with van der Waals surface area (Å²) >= 11 is 0. The van der Waals surface area contributed by atoms with Gasteiger partial charge in [0, 0.05) is 24.7 Å². The molecule has 2 heterocycles. The van der Waals surface area contributed by atoms with Crippen molar-refractivity contribution in [1.29, 1.82) is 0 Å². The molecule has 0 radical (unpaired) electrons. The zero-order chi connectivity index (χ0) is 13.1. The molecule has 2 atom stereocenters. The van der Waals surface area contributed by atoms with Crippen LogP contribution in [0.5, 0.6) is 0 Å². The molecular formula is C16H30N2O. The number of hydrogen-bond donors (Lipinski definition) is 1. The van der Waals surface area contributed by atoms with Gasteiger partial charge >= 0.3 is 0 Å². The number of ether oxygens (including phenoxy) is 1. The molecule has 0 amide bonds. The standard InChI is InChI=1S/C16H30N2O/c1-2-3-16-12-14(8-11-19-16)17-13-6-9-18(10-7-13)15-4-5-15/h13-17H,2-12H2,1H3. The molecule has 2 aliphatic heterocycles. The van der Waals surface area contributed by atoms with Gasteiger partial charge in [0.1, 0.15) is 0 Å². The number of rotatable bonds is 5. The van der Waals surface area contributed by atoms with Crippen molar-refractivity contribution in [3.8, 4) is 0 Å². The lowest BCUT2D eigenvalue weighted by molar-refractivity contribution is -0.00652. The highest BCUT2D eigenvalue weighted by atomic mass is 16.5. The Morgan fingerprint density at radius 2 is 1.84 bits per heavy atom. The van der Waals surface area contributed by atoms with Crippen LogP contribution in [-0.2, 0) is 4.74 Å². The molecule has 0 bridgehead atoms. The van der Waals surface area contributed by atoms with E-state index in [1.54, 1.807) is 0 Å². The number of likely N-dealkylation sites (tertiary alicyclic amines) is 1. The van der Waals surface area contributed by atoms with Crippen LogP contribution >= 0.6 is 0 Å². The summed E-state index contributed by atoms with van der Waals surface area (Å²) in [7, 11) is 0. The van der Waals surface area contributed by atoms with Crippen molar-refractivity contribution in [3.63, 3.8) is 0 Å². The van der Waals surface area contributed by atoms with E-state index in [4.69, 9.17) is 4.74 Å². The Bertz CT molecular complexity index is 270. The predicted molar refractivity (Wildman–Crippen MR) is 78.4 cm³/mol. The highest BCUT2D eigenvalue weighted by Gasteiger charge is 2.32. The maximum atomic E-state index is 5.85. The molecule has 0 aromatic heterocycles. The van der Waals surface area contributed by atoms with Gasteiger partial charge in [-0.1, -0.05) is 13.3 Å². The number of nitrogens with zero attached hydrogens (tertiary/aromatic N) is 1. The summed E-state index contributed by atoms with van der Waals surface area (Å²) in [6, 6.07) is 2.43. The Morgan fingerprint density at radius 3 is 2.53 bits per heavy atom. The average Bonchev–Trinajstić information content (AvgIpc) is 3.25. The van der Waals surface area contributed by atoms with Gasteiger partial charge in [0.05, 0.1) is 6.10 Å². The highest BCUT2D eigenvalue weighted by molar-refractivity contribution is 4.90. The first-order chi connectivity index (χ1) is 9.35. The Balaban J connectivity index is 1.38. The van der Waals surface area contributed by atoms with Crippen LogP contribution in [0.1, 0.15) is 58.3 Å². The maximum absolute atomic E-state index is 5.85. The van der Waals surface area contributed by atoms with Crippen LogP contribution in [0.2, 0.25) is 0 Å². The van der Waals surface area contributed by atoms with Crippen molar-refractivity contribution in [2.24, 2.45) is 0 Å². The van der Waals surface area contributed by atoms with Crippen LogP contribution in [0.4, 0.5) is 0 Å². The number of nitrogens with one attached hydrogen (secondary N) is 1. The van der Waals surface area contributed by atoms with Crippen LogP contribution in [0.3, 0.4) is 0 Å². The van der Waals surface area contributed by atoms with E-state index in [0.717, 1.165) is 18.7 Å². The van der Waals surface area contributed by atoms with Gasteiger partial charge in [0.2, 0.25) is 0 Å². The smallest absolute Gasteiger partial charge is 0.0589 e. The van der Waals surface area contributed by atoms with Crippen LogP contribution in [-0.4, -0.2) is 48.8 Å². The van der Waals surface area contributed by atoms with Crippen LogP contribution in [0, 0.1) is 0 Å². The van der Waals surface area contributed by atoms with E-state index < -0.39 is 0 Å². The third-order valence-electron chi connectivity index (χ3n) is 5.04. The molecule has 1 N–H and O–H groups in total. The third-order valence-corrected chi connectivity index (χ3v) is 5.04. The SMILES string of the molecule is CCCC1CC(NC2CCN(C3CC3)CC2)CCO1. The summed E-state index contributed by atoms with van der Waals surface area (Å²) in [5.74, 6) is 0. The minimum Gasteiger partial charge on any atom is -0.378 e. The molecule has 1 saturated carbocycles. The molecule has 0 aromatic carbocycles. The largest absolute Gasteiger partial charge is 0.378 e. The summed E-state index contributed by atoms with van der Waals surface area (Å²) < 4.78 is 5.85. The number of hydrogen-bond acceptors (Lipinski definition) is 3. The molecule has 3 rings (SSSR count). The van der Waals surface area contributed by atoms with Crippen molar-refractivity contribution >= 4 is 0 Å². The summed E-state index contributed by atoms with van der Waals surface area (Å²) in [6.07, 6.45) is 11.1. The Kier molecular flexibility index (Phi) is 4.78. The molecule has 3 aliphatic rings. The van der Waals surface area contributed by atoms with E-state index >= 15 is 0 Å². The summed E-state index contributed by atoms with van der Waals surface area (Å²) in [4.78, 5) is 2.71. The van der Waals surface area contributed by atoms with Crippen LogP contribution < -0.4 is 5.32 Å². The van der Waals surface area contributed by atoms with E-state index in [1.807, 2.05) is 0 Å². The topological polar surface area (TPSA) is 24.5 Å². The van der Waals surface area contributed by atoms with E-state index in [9.17, 15) is 0 Å². The van der Waals surface area contributed by atoms with Gasteiger partial charge in [0.15, 0.2) is 0 Å². The monoisotopic (exact) mass is 266 g/mol. The van der Waals surface area contributed by atoms with Crippen molar-refractivity contribution in [2.75, 3.05) is 19.7 Å². The van der Waals surface area contributed by atoms with Crippen molar-refractivity contribution in [1.82, 2.24) is 10.2 Å². The lowest BCUT2D eigenvalue weighted by Gasteiger charge is -2.37. The van der Waals surface area contributed by atoms with Gasteiger partial charge in [-0.25, -0.2) is 0 Å². The van der Waals surface area contributed by atoms with Crippen molar-refractivity contribution in [3.05, 3.63) is 0 Å². The van der Waals surface area contributed by atoms with E-state index in [1.165, 1.54) is 64.5 Å². The average molecular weight is 266 g/mol. The van der Waals surface area contributed by atoms with E-state index in [-0.39, 0.29) is 0 Å². The molecule has 0 spiro atoms. The van der Waals surface area contributed by atoms with E-state index in [0.29, 0.717) is 12.1 Å². The second-order valence-electron chi connectivity index (χ2n) is 6.71. The Hall–Kier alpha value is -0.120. The molecule has 3 nitrogen and oxygen atoms in total. The first-order valence-corrected chi connectivity index (χ1v) is 8.47. The summed E-state index contributed by atoms with van der Waals surface area (Å²) in [6.45, 7) is 5.87. The molecule has 3 heteroatoms. The third kappa shape index (κ3) is 3.93. The number of piperidine rings is 1. The second-order valence-corrected chi connectivity index (χ2v) is 6.71. The van der Waals surface area contributed by atoms with Crippen molar-refractivity contribution in [2.45, 2.75) is 82.5 Å². The fourth-order valence-electron chi connectivity index (χ4n) is 3.76. The van der Waals surface area contributed by atoms with Crippen LogP contribution in [0.25, 0.3) is 0 Å². The zero-order valence-corrected chi connectivity index (χ0v) is 12.4. The highest BCUT2D eigenvalue weighted by Crippen LogP contribution is 2.29. The van der Waals surface area contributed by atoms with Gasteiger partial charge in [0.25, 0.3) is 0 Å². The maximum Gasteiger partial charge on any atom is 0.0589 e. The molecule has 19 heavy (non-hydrogen) atoms. The first-order valence-electron chi connectivity index (χ1n) is 8.47. The molecule has 0 aromatic rings. The Morgan fingerprint density at radius 1 is 1.05 bits per heavy atom. The summed E-state index contributed by atoms with van der Waals surface area (Å²) in [5, 5.41) is 3.92. The lowest BCUT2D eigenvalue weighted by atomic mass is 9.97. The van der Waals surface area contributed by atoms with E-state index in [2.05, 4.69) is 17.1 Å². The molecule has 110 valence electrons. The lowest BCUT2D eigenvalue weighted by Crippen LogP contribution is -2.49. The van der Waals surface area contributed by atoms with Gasteiger partial charge < -0.3 is 15.0 Å². The van der Waals surface area contributed by atoms with Gasteiger partial charge in [-0.05, 0) is 58.0 Å². The fourth-order valence-corrected chi connectivity index (χ4v) is 3.76. The molecule has 2 unspecified atom stereocenters. The molecule has 3 fully saturated rings. The molecule has 2 saturated heterocycles. The van der Waals surface area contributed by atoms with Gasteiger partial charge in [-0.3, -0.25) is 0 Å². The minimum atomic E-state index is 0.516. The van der Waals surface area contributed by atoms with Crippen LogP contribution in [0.15, 0.2) is 0 Å². The molecular weight excluding hydrogens is 236 g/mol.